The molecule has 6 nitrogen and oxygen atoms in total. The molecule has 1 N–H and O–H groups in total. The summed E-state index contributed by atoms with van der Waals surface area (Å²) >= 11 is 6.79. The van der Waals surface area contributed by atoms with E-state index in [9.17, 15) is 14.4 Å². The number of imide groups is 1. The number of hydrogen-bond acceptors (Lipinski definition) is 5. The molecule has 2 aromatic rings. The molecular weight excluding hydrogens is 388 g/mol. The summed E-state index contributed by atoms with van der Waals surface area (Å²) in [5, 5.41) is 2.47. The Kier molecular flexibility index (Phi) is 5.83. The minimum Gasteiger partial charge on any atom is -0.497 e. The van der Waals surface area contributed by atoms with Crippen LogP contribution in [0.5, 0.6) is 5.75 Å². The van der Waals surface area contributed by atoms with E-state index in [0.29, 0.717) is 16.5 Å². The SMILES string of the molecule is COc1cccc(/C=C2/SC(=O)N(CC(=O)Nc3ccccc3Cl)C2=O)c1. The molecule has 1 aliphatic rings. The fourth-order valence-electron chi connectivity index (χ4n) is 2.41. The molecule has 3 rings (SSSR count). The van der Waals surface area contributed by atoms with Crippen LogP contribution in [0.25, 0.3) is 6.08 Å². The van der Waals surface area contributed by atoms with Gasteiger partial charge >= 0.3 is 0 Å². The van der Waals surface area contributed by atoms with E-state index in [1.807, 2.05) is 0 Å². The van der Waals surface area contributed by atoms with Gasteiger partial charge in [0.25, 0.3) is 11.1 Å². The van der Waals surface area contributed by atoms with Gasteiger partial charge in [0.15, 0.2) is 0 Å². The zero-order chi connectivity index (χ0) is 19.4. The zero-order valence-electron chi connectivity index (χ0n) is 14.3. The van der Waals surface area contributed by atoms with Crippen LogP contribution in [-0.2, 0) is 9.59 Å². The van der Waals surface area contributed by atoms with Crippen LogP contribution in [0.3, 0.4) is 0 Å². The van der Waals surface area contributed by atoms with Gasteiger partial charge in [0.2, 0.25) is 5.91 Å². The summed E-state index contributed by atoms with van der Waals surface area (Å²) in [5.41, 5.74) is 1.14. The van der Waals surface area contributed by atoms with Crippen molar-refractivity contribution in [2.75, 3.05) is 19.0 Å². The predicted molar refractivity (Wildman–Crippen MR) is 106 cm³/mol. The van der Waals surface area contributed by atoms with Gasteiger partial charge in [0, 0.05) is 0 Å². The molecular formula is C19H15ClN2O4S. The number of ether oxygens (including phenoxy) is 1. The molecule has 0 bridgehead atoms. The average molecular weight is 403 g/mol. The molecule has 1 saturated heterocycles. The molecule has 8 heteroatoms. The van der Waals surface area contributed by atoms with Crippen LogP contribution in [0.4, 0.5) is 10.5 Å². The topological polar surface area (TPSA) is 75.7 Å². The molecule has 0 atom stereocenters. The van der Waals surface area contributed by atoms with Gasteiger partial charge in [-0.25, -0.2) is 0 Å². The van der Waals surface area contributed by atoms with E-state index in [1.54, 1.807) is 61.7 Å². The molecule has 2 aromatic carbocycles. The highest BCUT2D eigenvalue weighted by molar-refractivity contribution is 8.18. The van der Waals surface area contributed by atoms with Crippen molar-refractivity contribution in [1.29, 1.82) is 0 Å². The van der Waals surface area contributed by atoms with Crippen LogP contribution in [-0.4, -0.2) is 35.6 Å². The van der Waals surface area contributed by atoms with Crippen LogP contribution in [0, 0.1) is 0 Å². The minimum absolute atomic E-state index is 0.249. The number of nitrogens with one attached hydrogen (secondary N) is 1. The van der Waals surface area contributed by atoms with Gasteiger partial charge in [-0.15, -0.1) is 0 Å². The van der Waals surface area contributed by atoms with Crippen molar-refractivity contribution in [3.05, 3.63) is 64.0 Å². The maximum absolute atomic E-state index is 12.5. The maximum Gasteiger partial charge on any atom is 0.294 e. The van der Waals surface area contributed by atoms with Crippen LogP contribution >= 0.6 is 23.4 Å². The van der Waals surface area contributed by atoms with Crippen molar-refractivity contribution in [3.8, 4) is 5.75 Å². The summed E-state index contributed by atoms with van der Waals surface area (Å²) in [5.74, 6) is -0.378. The third-order valence-electron chi connectivity index (χ3n) is 3.71. The Bertz CT molecular complexity index is 945. The molecule has 1 heterocycles. The van der Waals surface area contributed by atoms with E-state index in [1.165, 1.54) is 0 Å². The Balaban J connectivity index is 1.71. The molecule has 0 radical (unpaired) electrons. The molecule has 3 amide bonds. The van der Waals surface area contributed by atoms with Crippen molar-refractivity contribution in [2.24, 2.45) is 0 Å². The van der Waals surface area contributed by atoms with Crippen LogP contribution in [0.1, 0.15) is 5.56 Å². The molecule has 27 heavy (non-hydrogen) atoms. The Hall–Kier alpha value is -2.77. The van der Waals surface area contributed by atoms with E-state index in [2.05, 4.69) is 5.32 Å². The highest BCUT2D eigenvalue weighted by Gasteiger charge is 2.36. The summed E-state index contributed by atoms with van der Waals surface area (Å²) < 4.78 is 5.15. The number of thioether (sulfide) groups is 1. The minimum atomic E-state index is -0.512. The van der Waals surface area contributed by atoms with Crippen molar-refractivity contribution in [1.82, 2.24) is 4.90 Å². The third-order valence-corrected chi connectivity index (χ3v) is 4.95. The first-order valence-electron chi connectivity index (χ1n) is 7.92. The van der Waals surface area contributed by atoms with E-state index in [-0.39, 0.29) is 11.4 Å². The lowest BCUT2D eigenvalue weighted by Gasteiger charge is -2.13. The van der Waals surface area contributed by atoms with Crippen LogP contribution in [0.2, 0.25) is 5.02 Å². The van der Waals surface area contributed by atoms with Crippen LogP contribution in [0.15, 0.2) is 53.4 Å². The number of benzene rings is 2. The second-order valence-corrected chi connectivity index (χ2v) is 6.97. The van der Waals surface area contributed by atoms with Crippen molar-refractivity contribution in [2.45, 2.75) is 0 Å². The Morgan fingerprint density at radius 3 is 2.74 bits per heavy atom. The maximum atomic E-state index is 12.5. The summed E-state index contributed by atoms with van der Waals surface area (Å²) in [6.07, 6.45) is 1.60. The van der Waals surface area contributed by atoms with Gasteiger partial charge in [-0.05, 0) is 47.7 Å². The lowest BCUT2D eigenvalue weighted by Crippen LogP contribution is -2.36. The largest absolute Gasteiger partial charge is 0.497 e. The number of nitrogens with zero attached hydrogens (tertiary/aromatic N) is 1. The average Bonchev–Trinajstić information content (AvgIpc) is 2.91. The summed E-state index contributed by atoms with van der Waals surface area (Å²) in [6.45, 7) is -0.384. The number of rotatable bonds is 5. The number of hydrogen-bond donors (Lipinski definition) is 1. The lowest BCUT2D eigenvalue weighted by molar-refractivity contribution is -0.127. The van der Waals surface area contributed by atoms with E-state index in [4.69, 9.17) is 16.3 Å². The van der Waals surface area contributed by atoms with E-state index in [0.717, 1.165) is 22.2 Å². The number of carbonyl (C=O) groups is 3. The smallest absolute Gasteiger partial charge is 0.294 e. The molecule has 0 saturated carbocycles. The second-order valence-electron chi connectivity index (χ2n) is 5.57. The predicted octanol–water partition coefficient (Wildman–Crippen LogP) is 4.02. The molecule has 0 aliphatic carbocycles. The number of anilines is 1. The standard InChI is InChI=1S/C19H15ClN2O4S/c1-26-13-6-4-5-12(9-13)10-16-18(24)22(19(25)27-16)11-17(23)21-15-8-3-2-7-14(15)20/h2-10H,11H2,1H3,(H,21,23)/b16-10+. The summed E-state index contributed by atoms with van der Waals surface area (Å²) in [6, 6.07) is 13.8. The fraction of sp³-hybridized carbons (Fsp3) is 0.105. The van der Waals surface area contributed by atoms with E-state index >= 15 is 0 Å². The first kappa shape index (κ1) is 19.0. The number of carbonyl (C=O) groups excluding carboxylic acids is 3. The third kappa shape index (κ3) is 4.50. The van der Waals surface area contributed by atoms with E-state index < -0.39 is 17.1 Å². The molecule has 0 unspecified atom stereocenters. The Labute approximate surface area is 165 Å². The second kappa shape index (κ2) is 8.28. The first-order valence-corrected chi connectivity index (χ1v) is 9.11. The van der Waals surface area contributed by atoms with Gasteiger partial charge in [-0.2, -0.15) is 0 Å². The summed E-state index contributed by atoms with van der Waals surface area (Å²) in [4.78, 5) is 38.0. The molecule has 0 aromatic heterocycles. The molecule has 0 spiro atoms. The van der Waals surface area contributed by atoms with Crippen molar-refractivity contribution >= 4 is 52.2 Å². The number of para-hydroxylation sites is 1. The molecule has 138 valence electrons. The van der Waals surface area contributed by atoms with Gasteiger partial charge in [-0.3, -0.25) is 19.3 Å². The summed E-state index contributed by atoms with van der Waals surface area (Å²) in [7, 11) is 1.55. The zero-order valence-corrected chi connectivity index (χ0v) is 15.8. The number of amides is 3. The number of methoxy groups -OCH3 is 1. The van der Waals surface area contributed by atoms with Gasteiger partial charge < -0.3 is 10.1 Å². The number of halogens is 1. The monoisotopic (exact) mass is 402 g/mol. The first-order chi connectivity index (χ1) is 13.0. The normalized spacial score (nSPS) is 15.3. The quantitative estimate of drug-likeness (QED) is 0.764. The molecule has 1 fully saturated rings. The lowest BCUT2D eigenvalue weighted by atomic mass is 10.2. The van der Waals surface area contributed by atoms with Gasteiger partial charge in [0.05, 0.1) is 22.7 Å². The Morgan fingerprint density at radius 2 is 2.00 bits per heavy atom. The van der Waals surface area contributed by atoms with Gasteiger partial charge in [-0.1, -0.05) is 35.9 Å². The fourth-order valence-corrected chi connectivity index (χ4v) is 3.44. The van der Waals surface area contributed by atoms with Crippen LogP contribution < -0.4 is 10.1 Å². The molecule has 1 aliphatic heterocycles. The van der Waals surface area contributed by atoms with Crippen molar-refractivity contribution < 1.29 is 19.1 Å². The highest BCUT2D eigenvalue weighted by Crippen LogP contribution is 2.32. The Morgan fingerprint density at radius 1 is 1.22 bits per heavy atom. The van der Waals surface area contributed by atoms with Gasteiger partial charge in [0.1, 0.15) is 12.3 Å². The highest BCUT2D eigenvalue weighted by atomic mass is 35.5. The van der Waals surface area contributed by atoms with Crippen molar-refractivity contribution in [3.63, 3.8) is 0 Å².